The minimum atomic E-state index is -1.22. The number of halogens is 2. The first-order valence-corrected chi connectivity index (χ1v) is 10.2. The number of carbonyl (C=O) groups is 2. The van der Waals surface area contributed by atoms with Crippen LogP contribution >= 0.6 is 22.9 Å². The molecule has 1 N–H and O–H groups in total. The van der Waals surface area contributed by atoms with E-state index in [0.29, 0.717) is 16.5 Å². The van der Waals surface area contributed by atoms with Gasteiger partial charge in [0.25, 0.3) is 5.91 Å². The van der Waals surface area contributed by atoms with Crippen molar-refractivity contribution in [1.82, 2.24) is 9.88 Å². The van der Waals surface area contributed by atoms with Crippen molar-refractivity contribution in [1.29, 1.82) is 0 Å². The van der Waals surface area contributed by atoms with E-state index in [-0.39, 0.29) is 27.6 Å². The predicted octanol–water partition coefficient (Wildman–Crippen LogP) is 4.92. The molecular formula is C21H16ClFN2O4S. The van der Waals surface area contributed by atoms with E-state index in [2.05, 4.69) is 4.98 Å². The van der Waals surface area contributed by atoms with Gasteiger partial charge in [0.1, 0.15) is 11.6 Å². The first kappa shape index (κ1) is 20.3. The number of aliphatic hydroxyl groups is 1. The fraction of sp³-hybridized carbons (Fsp3) is 0.190. The number of Topliss-reactive ketones (excluding diaryl/α,β-unsaturated/α-hetero) is 1. The van der Waals surface area contributed by atoms with Crippen LogP contribution in [-0.2, 0) is 11.3 Å². The number of aromatic nitrogens is 1. The Kier molecular flexibility index (Phi) is 5.21. The van der Waals surface area contributed by atoms with E-state index in [1.807, 2.05) is 0 Å². The van der Waals surface area contributed by atoms with E-state index in [1.165, 1.54) is 29.4 Å². The highest BCUT2D eigenvalue weighted by atomic mass is 35.5. The zero-order chi connectivity index (χ0) is 21.6. The van der Waals surface area contributed by atoms with E-state index < -0.39 is 29.3 Å². The van der Waals surface area contributed by atoms with Crippen molar-refractivity contribution in [3.63, 3.8) is 0 Å². The van der Waals surface area contributed by atoms with Crippen molar-refractivity contribution in [3.8, 4) is 0 Å². The lowest BCUT2D eigenvalue weighted by atomic mass is 9.94. The highest BCUT2D eigenvalue weighted by molar-refractivity contribution is 7.14. The molecule has 1 aliphatic rings. The van der Waals surface area contributed by atoms with Gasteiger partial charge in [-0.2, -0.15) is 0 Å². The van der Waals surface area contributed by atoms with Gasteiger partial charge in [-0.3, -0.25) is 9.59 Å². The minimum Gasteiger partial charge on any atom is -0.503 e. The smallest absolute Gasteiger partial charge is 0.290 e. The Labute approximate surface area is 180 Å². The highest BCUT2D eigenvalue weighted by Crippen LogP contribution is 2.44. The van der Waals surface area contributed by atoms with E-state index in [0.717, 1.165) is 11.3 Å². The molecule has 1 unspecified atom stereocenters. The summed E-state index contributed by atoms with van der Waals surface area (Å²) in [6.45, 7) is 3.33. The number of benzene rings is 1. The number of carbonyl (C=O) groups excluding carboxylic acids is 2. The molecule has 3 heterocycles. The van der Waals surface area contributed by atoms with Crippen molar-refractivity contribution in [2.24, 2.45) is 0 Å². The Bertz CT molecular complexity index is 1170. The van der Waals surface area contributed by atoms with Crippen molar-refractivity contribution in [2.75, 3.05) is 0 Å². The number of aliphatic hydroxyl groups excluding tert-OH is 1. The van der Waals surface area contributed by atoms with Crippen molar-refractivity contribution >= 4 is 34.6 Å². The largest absolute Gasteiger partial charge is 0.503 e. The van der Waals surface area contributed by atoms with Gasteiger partial charge in [-0.25, -0.2) is 9.37 Å². The summed E-state index contributed by atoms with van der Waals surface area (Å²) in [7, 11) is 0. The number of nitrogens with zero attached hydrogens (tertiary/aromatic N) is 2. The third-order valence-electron chi connectivity index (χ3n) is 4.84. The highest BCUT2D eigenvalue weighted by Gasteiger charge is 2.46. The molecule has 0 saturated heterocycles. The van der Waals surface area contributed by atoms with Gasteiger partial charge in [0.05, 0.1) is 40.0 Å². The van der Waals surface area contributed by atoms with E-state index in [4.69, 9.17) is 16.0 Å². The third kappa shape index (κ3) is 3.32. The molecular weight excluding hydrogens is 431 g/mol. The normalized spacial score (nSPS) is 16.6. The van der Waals surface area contributed by atoms with E-state index >= 15 is 0 Å². The summed E-state index contributed by atoms with van der Waals surface area (Å²) in [5, 5.41) is 11.4. The van der Waals surface area contributed by atoms with Gasteiger partial charge in [-0.1, -0.05) is 17.7 Å². The molecule has 30 heavy (non-hydrogen) atoms. The molecule has 9 heteroatoms. The van der Waals surface area contributed by atoms with Crippen LogP contribution in [0.15, 0.2) is 52.3 Å². The average Bonchev–Trinajstić information content (AvgIpc) is 3.38. The molecule has 1 amide bonds. The first-order valence-electron chi connectivity index (χ1n) is 8.98. The molecule has 1 atom stereocenters. The lowest BCUT2D eigenvalue weighted by molar-refractivity contribution is -0.130. The molecule has 1 aromatic carbocycles. The molecule has 0 aliphatic carbocycles. The maximum absolute atomic E-state index is 14.9. The molecule has 0 bridgehead atoms. The van der Waals surface area contributed by atoms with Gasteiger partial charge < -0.3 is 14.4 Å². The van der Waals surface area contributed by atoms with Crippen LogP contribution < -0.4 is 0 Å². The van der Waals surface area contributed by atoms with Gasteiger partial charge in [-0.05, 0) is 38.1 Å². The lowest BCUT2D eigenvalue weighted by Gasteiger charge is -2.27. The second-order valence-corrected chi connectivity index (χ2v) is 8.40. The Morgan fingerprint density at radius 2 is 2.10 bits per heavy atom. The molecule has 1 aliphatic heterocycles. The summed E-state index contributed by atoms with van der Waals surface area (Å²) in [6, 6.07) is 6.15. The maximum Gasteiger partial charge on any atom is 0.290 e. The zero-order valence-corrected chi connectivity index (χ0v) is 17.6. The fourth-order valence-electron chi connectivity index (χ4n) is 3.56. The Morgan fingerprint density at radius 3 is 2.70 bits per heavy atom. The SMILES string of the molecule is Cc1nc(C)c(C(=O)C2=C(O)C(=O)N(Cc3ccco3)C2c2c(F)cccc2Cl)s1. The van der Waals surface area contributed by atoms with Crippen LogP contribution in [0.4, 0.5) is 4.39 Å². The second kappa shape index (κ2) is 7.70. The van der Waals surface area contributed by atoms with Crippen LogP contribution in [0.3, 0.4) is 0 Å². The molecule has 0 saturated carbocycles. The first-order chi connectivity index (χ1) is 14.3. The monoisotopic (exact) mass is 446 g/mol. The number of rotatable bonds is 5. The number of hydrogen-bond donors (Lipinski definition) is 1. The summed E-state index contributed by atoms with van der Waals surface area (Å²) in [5.74, 6) is -2.41. The van der Waals surface area contributed by atoms with Crippen LogP contribution in [0.1, 0.15) is 37.7 Å². The Balaban J connectivity index is 1.89. The minimum absolute atomic E-state index is 0.0365. The molecule has 4 rings (SSSR count). The number of amides is 1. The summed E-state index contributed by atoms with van der Waals surface area (Å²) in [4.78, 5) is 32.0. The van der Waals surface area contributed by atoms with E-state index in [9.17, 15) is 19.1 Å². The van der Waals surface area contributed by atoms with Crippen LogP contribution in [0.2, 0.25) is 5.02 Å². The quantitative estimate of drug-likeness (QED) is 0.562. The Hall–Kier alpha value is -2.97. The molecule has 154 valence electrons. The maximum atomic E-state index is 14.9. The summed E-state index contributed by atoms with van der Waals surface area (Å²) in [6.07, 6.45) is 1.43. The van der Waals surface area contributed by atoms with Crippen molar-refractivity contribution in [2.45, 2.75) is 26.4 Å². The molecule has 2 aromatic heterocycles. The van der Waals surface area contributed by atoms with Crippen LogP contribution in [0.5, 0.6) is 0 Å². The number of thiazole rings is 1. The van der Waals surface area contributed by atoms with Crippen LogP contribution in [0, 0.1) is 19.7 Å². The summed E-state index contributed by atoms with van der Waals surface area (Å²) in [5.41, 5.74) is 0.175. The second-order valence-electron chi connectivity index (χ2n) is 6.79. The average molecular weight is 447 g/mol. The number of aryl methyl sites for hydroxylation is 2. The molecule has 0 radical (unpaired) electrons. The molecule has 0 spiro atoms. The number of furan rings is 1. The topological polar surface area (TPSA) is 83.6 Å². The third-order valence-corrected chi connectivity index (χ3v) is 6.24. The van der Waals surface area contributed by atoms with Gasteiger partial charge in [0.15, 0.2) is 5.76 Å². The summed E-state index contributed by atoms with van der Waals surface area (Å²) < 4.78 is 20.2. The van der Waals surface area contributed by atoms with Gasteiger partial charge >= 0.3 is 0 Å². The Morgan fingerprint density at radius 1 is 1.33 bits per heavy atom. The molecule has 6 nitrogen and oxygen atoms in total. The number of hydrogen-bond acceptors (Lipinski definition) is 6. The predicted molar refractivity (Wildman–Crippen MR) is 109 cm³/mol. The van der Waals surface area contributed by atoms with E-state index in [1.54, 1.807) is 26.0 Å². The lowest BCUT2D eigenvalue weighted by Crippen LogP contribution is -2.31. The fourth-order valence-corrected chi connectivity index (χ4v) is 4.70. The van der Waals surface area contributed by atoms with Gasteiger partial charge in [0.2, 0.25) is 5.78 Å². The van der Waals surface area contributed by atoms with Gasteiger partial charge in [-0.15, -0.1) is 11.3 Å². The van der Waals surface area contributed by atoms with Crippen molar-refractivity contribution in [3.05, 3.63) is 85.7 Å². The van der Waals surface area contributed by atoms with Crippen LogP contribution in [0.25, 0.3) is 0 Å². The number of ketones is 1. The molecule has 3 aromatic rings. The van der Waals surface area contributed by atoms with Crippen LogP contribution in [-0.4, -0.2) is 26.7 Å². The standard InChI is InChI=1S/C21H16ClFN2O4S/c1-10-20(30-11(2)24-10)18(26)16-17(15-13(22)6-3-7-14(15)23)25(21(28)19(16)27)9-12-5-4-8-29-12/h3-8,17,27H,9H2,1-2H3. The van der Waals surface area contributed by atoms with Crippen molar-refractivity contribution < 1.29 is 23.5 Å². The summed E-state index contributed by atoms with van der Waals surface area (Å²) >= 11 is 7.42. The molecule has 0 fully saturated rings. The zero-order valence-electron chi connectivity index (χ0n) is 16.0. The van der Waals surface area contributed by atoms with Gasteiger partial charge in [0, 0.05) is 10.6 Å².